The molecule has 28 heavy (non-hydrogen) atoms. The van der Waals surface area contributed by atoms with E-state index in [4.69, 9.17) is 9.47 Å². The molecule has 0 aromatic heterocycles. The first-order valence-corrected chi connectivity index (χ1v) is 10.0. The Hall–Kier alpha value is -2.53. The standard InChI is InChI=1S/C23H28N2O3/c1-27-19-7-8-20(16(15-19)6-9-22(26)28-2)21-5-3-4-17-14-18-10-11-24-12-13-25(18)23(17)21/h3-5,7-8,15,18,24H,6,9-14H2,1-2H3. The van der Waals surface area contributed by atoms with Gasteiger partial charge in [0.05, 0.1) is 14.2 Å². The number of hydrogen-bond acceptors (Lipinski definition) is 5. The summed E-state index contributed by atoms with van der Waals surface area (Å²) in [6.07, 6.45) is 3.28. The molecule has 4 rings (SSSR count). The number of aryl methyl sites for hydroxylation is 1. The third kappa shape index (κ3) is 3.59. The van der Waals surface area contributed by atoms with Crippen LogP contribution in [0.4, 0.5) is 5.69 Å². The second kappa shape index (κ2) is 8.23. The van der Waals surface area contributed by atoms with Gasteiger partial charge in [-0.15, -0.1) is 0 Å². The van der Waals surface area contributed by atoms with Gasteiger partial charge >= 0.3 is 5.97 Å². The molecule has 2 heterocycles. The maximum absolute atomic E-state index is 11.7. The van der Waals surface area contributed by atoms with E-state index in [9.17, 15) is 4.79 Å². The molecule has 2 aromatic carbocycles. The Bertz CT molecular complexity index is 865. The molecule has 1 unspecified atom stereocenters. The first-order chi connectivity index (χ1) is 13.7. The third-order valence-corrected chi connectivity index (χ3v) is 5.92. The Morgan fingerprint density at radius 2 is 2.07 bits per heavy atom. The molecule has 0 spiro atoms. The van der Waals surface area contributed by atoms with Crippen LogP contribution in [0, 0.1) is 0 Å². The number of nitrogens with one attached hydrogen (secondary N) is 1. The number of benzene rings is 2. The molecule has 1 atom stereocenters. The van der Waals surface area contributed by atoms with Crippen LogP contribution in [-0.4, -0.2) is 45.9 Å². The summed E-state index contributed by atoms with van der Waals surface area (Å²) in [5, 5.41) is 3.52. The van der Waals surface area contributed by atoms with E-state index in [1.807, 2.05) is 12.1 Å². The van der Waals surface area contributed by atoms with Crippen molar-refractivity contribution in [2.24, 2.45) is 0 Å². The van der Waals surface area contributed by atoms with Crippen molar-refractivity contribution in [3.63, 3.8) is 0 Å². The number of para-hydroxylation sites is 1. The van der Waals surface area contributed by atoms with Gasteiger partial charge in [0.25, 0.3) is 0 Å². The molecule has 2 aliphatic rings. The zero-order chi connectivity index (χ0) is 19.5. The summed E-state index contributed by atoms with van der Waals surface area (Å²) in [6, 6.07) is 13.4. The van der Waals surface area contributed by atoms with Crippen molar-refractivity contribution in [2.45, 2.75) is 31.7 Å². The van der Waals surface area contributed by atoms with E-state index in [1.54, 1.807) is 7.11 Å². The average Bonchev–Trinajstić information content (AvgIpc) is 2.93. The van der Waals surface area contributed by atoms with Gasteiger partial charge in [-0.05, 0) is 54.6 Å². The Labute approximate surface area is 166 Å². The highest BCUT2D eigenvalue weighted by Crippen LogP contribution is 2.43. The molecule has 0 amide bonds. The number of fused-ring (bicyclic) bond motifs is 3. The molecule has 1 saturated heterocycles. The summed E-state index contributed by atoms with van der Waals surface area (Å²) < 4.78 is 10.3. The quantitative estimate of drug-likeness (QED) is 0.808. The van der Waals surface area contributed by atoms with Crippen LogP contribution in [0.3, 0.4) is 0 Å². The van der Waals surface area contributed by atoms with Crippen molar-refractivity contribution in [3.8, 4) is 16.9 Å². The fourth-order valence-corrected chi connectivity index (χ4v) is 4.51. The molecule has 0 aliphatic carbocycles. The lowest BCUT2D eigenvalue weighted by Crippen LogP contribution is -2.33. The molecule has 2 aliphatic heterocycles. The summed E-state index contributed by atoms with van der Waals surface area (Å²) in [5.41, 5.74) is 6.35. The Kier molecular flexibility index (Phi) is 5.53. The minimum atomic E-state index is -0.189. The van der Waals surface area contributed by atoms with Gasteiger partial charge in [-0.2, -0.15) is 0 Å². The van der Waals surface area contributed by atoms with Gasteiger partial charge in [-0.25, -0.2) is 0 Å². The number of ether oxygens (including phenoxy) is 2. The van der Waals surface area contributed by atoms with Gasteiger partial charge in [-0.3, -0.25) is 4.79 Å². The Balaban J connectivity index is 1.76. The molecular formula is C23H28N2O3. The molecule has 0 saturated carbocycles. The number of rotatable bonds is 5. The lowest BCUT2D eigenvalue weighted by molar-refractivity contribution is -0.140. The number of nitrogens with zero attached hydrogens (tertiary/aromatic N) is 1. The van der Waals surface area contributed by atoms with Crippen molar-refractivity contribution in [1.29, 1.82) is 0 Å². The number of hydrogen-bond donors (Lipinski definition) is 1. The highest BCUT2D eigenvalue weighted by molar-refractivity contribution is 5.85. The number of carbonyl (C=O) groups is 1. The summed E-state index contributed by atoms with van der Waals surface area (Å²) in [6.45, 7) is 3.13. The average molecular weight is 380 g/mol. The highest BCUT2D eigenvalue weighted by atomic mass is 16.5. The van der Waals surface area contributed by atoms with Crippen LogP contribution < -0.4 is 15.0 Å². The fraction of sp³-hybridized carbons (Fsp3) is 0.435. The zero-order valence-corrected chi connectivity index (χ0v) is 16.7. The van der Waals surface area contributed by atoms with Gasteiger partial charge in [0.1, 0.15) is 5.75 Å². The summed E-state index contributed by atoms with van der Waals surface area (Å²) in [7, 11) is 3.11. The predicted molar refractivity (Wildman–Crippen MR) is 111 cm³/mol. The van der Waals surface area contributed by atoms with Crippen LogP contribution in [0.15, 0.2) is 36.4 Å². The molecule has 5 heteroatoms. The lowest BCUT2D eigenvalue weighted by atomic mass is 9.93. The van der Waals surface area contributed by atoms with E-state index in [0.29, 0.717) is 18.9 Å². The van der Waals surface area contributed by atoms with Gasteiger partial charge < -0.3 is 19.7 Å². The molecule has 2 aromatic rings. The molecule has 1 N–H and O–H groups in total. The Morgan fingerprint density at radius 1 is 1.18 bits per heavy atom. The number of esters is 1. The van der Waals surface area contributed by atoms with E-state index in [1.165, 1.54) is 35.9 Å². The maximum atomic E-state index is 11.7. The molecule has 5 nitrogen and oxygen atoms in total. The first kappa shape index (κ1) is 18.8. The molecule has 0 radical (unpaired) electrons. The summed E-state index contributed by atoms with van der Waals surface area (Å²) >= 11 is 0. The molecular weight excluding hydrogens is 352 g/mol. The number of methoxy groups -OCH3 is 2. The minimum absolute atomic E-state index is 0.189. The fourth-order valence-electron chi connectivity index (χ4n) is 4.51. The summed E-state index contributed by atoms with van der Waals surface area (Å²) in [5.74, 6) is 0.624. The van der Waals surface area contributed by atoms with Crippen LogP contribution in [0.25, 0.3) is 11.1 Å². The topological polar surface area (TPSA) is 50.8 Å². The minimum Gasteiger partial charge on any atom is -0.497 e. The van der Waals surface area contributed by atoms with E-state index < -0.39 is 0 Å². The van der Waals surface area contributed by atoms with Gasteiger partial charge in [-0.1, -0.05) is 24.3 Å². The zero-order valence-electron chi connectivity index (χ0n) is 16.7. The Morgan fingerprint density at radius 3 is 2.89 bits per heavy atom. The maximum Gasteiger partial charge on any atom is 0.305 e. The van der Waals surface area contributed by atoms with Crippen molar-refractivity contribution >= 4 is 11.7 Å². The largest absolute Gasteiger partial charge is 0.497 e. The smallest absolute Gasteiger partial charge is 0.305 e. The number of anilines is 1. The van der Waals surface area contributed by atoms with Crippen molar-refractivity contribution in [3.05, 3.63) is 47.5 Å². The van der Waals surface area contributed by atoms with Crippen LogP contribution >= 0.6 is 0 Å². The van der Waals surface area contributed by atoms with Crippen LogP contribution in [-0.2, 0) is 22.4 Å². The molecule has 0 bridgehead atoms. The SMILES string of the molecule is COC(=O)CCc1cc(OC)ccc1-c1cccc2c1N1CCNCCC1C2. The van der Waals surface area contributed by atoms with Gasteiger partial charge in [0.2, 0.25) is 0 Å². The molecule has 1 fully saturated rings. The normalized spacial score (nSPS) is 18.2. The predicted octanol–water partition coefficient (Wildman–Crippen LogP) is 3.19. The van der Waals surface area contributed by atoms with E-state index in [2.05, 4.69) is 34.5 Å². The van der Waals surface area contributed by atoms with E-state index >= 15 is 0 Å². The monoisotopic (exact) mass is 380 g/mol. The first-order valence-electron chi connectivity index (χ1n) is 10.0. The highest BCUT2D eigenvalue weighted by Gasteiger charge is 2.32. The van der Waals surface area contributed by atoms with Crippen LogP contribution in [0.1, 0.15) is 24.0 Å². The lowest BCUT2D eigenvalue weighted by Gasteiger charge is -2.27. The van der Waals surface area contributed by atoms with Crippen molar-refractivity contribution in [2.75, 3.05) is 38.8 Å². The van der Waals surface area contributed by atoms with Crippen LogP contribution in [0.2, 0.25) is 0 Å². The van der Waals surface area contributed by atoms with Gasteiger partial charge in [0.15, 0.2) is 0 Å². The van der Waals surface area contributed by atoms with E-state index in [0.717, 1.165) is 37.4 Å². The van der Waals surface area contributed by atoms with Gasteiger partial charge in [0, 0.05) is 36.8 Å². The van der Waals surface area contributed by atoms with Crippen molar-refractivity contribution < 1.29 is 14.3 Å². The van der Waals surface area contributed by atoms with Crippen LogP contribution in [0.5, 0.6) is 5.75 Å². The van der Waals surface area contributed by atoms with Crippen molar-refractivity contribution in [1.82, 2.24) is 5.32 Å². The molecule has 148 valence electrons. The summed E-state index contributed by atoms with van der Waals surface area (Å²) in [4.78, 5) is 14.3. The second-order valence-corrected chi connectivity index (χ2v) is 7.50. The second-order valence-electron chi connectivity index (χ2n) is 7.50. The van der Waals surface area contributed by atoms with E-state index in [-0.39, 0.29) is 5.97 Å². The number of carbonyl (C=O) groups excluding carboxylic acids is 1. The third-order valence-electron chi connectivity index (χ3n) is 5.92.